The van der Waals surface area contributed by atoms with E-state index < -0.39 is 18.0 Å². The largest absolute Gasteiger partial charge is 0.269 e. The van der Waals surface area contributed by atoms with Crippen LogP contribution in [-0.2, 0) is 19.5 Å². The second-order valence-corrected chi connectivity index (χ2v) is 3.52. The van der Waals surface area contributed by atoms with Gasteiger partial charge in [-0.25, -0.2) is 4.90 Å². The van der Waals surface area contributed by atoms with Crippen LogP contribution in [0.4, 0.5) is 0 Å². The van der Waals surface area contributed by atoms with Gasteiger partial charge in [-0.2, -0.15) is 10.8 Å². The molecule has 0 aromatic heterocycles. The molecule has 6 heteroatoms. The van der Waals surface area contributed by atoms with Crippen molar-refractivity contribution in [3.63, 3.8) is 0 Å². The molecule has 0 fully saturated rings. The third-order valence-corrected chi connectivity index (χ3v) is 2.35. The predicted molar refractivity (Wildman–Crippen MR) is 55.3 cm³/mol. The SMILES string of the molecule is CCCCCC(OON)N1C(=O)C=CC1=O. The fourth-order valence-corrected chi connectivity index (χ4v) is 1.55. The van der Waals surface area contributed by atoms with Crippen molar-refractivity contribution in [3.05, 3.63) is 12.2 Å². The molecule has 0 bridgehead atoms. The fourth-order valence-electron chi connectivity index (χ4n) is 1.55. The van der Waals surface area contributed by atoms with Crippen molar-refractivity contribution in [3.8, 4) is 0 Å². The van der Waals surface area contributed by atoms with Crippen molar-refractivity contribution in [2.45, 2.75) is 38.8 Å². The number of hydrogen-bond acceptors (Lipinski definition) is 5. The molecular formula is C10H16N2O4. The van der Waals surface area contributed by atoms with Gasteiger partial charge in [0, 0.05) is 12.2 Å². The van der Waals surface area contributed by atoms with Crippen LogP contribution in [0.2, 0.25) is 0 Å². The van der Waals surface area contributed by atoms with E-state index in [2.05, 4.69) is 11.9 Å². The maximum atomic E-state index is 11.4. The second-order valence-electron chi connectivity index (χ2n) is 3.52. The Morgan fingerprint density at radius 1 is 1.31 bits per heavy atom. The van der Waals surface area contributed by atoms with E-state index in [-0.39, 0.29) is 0 Å². The van der Waals surface area contributed by atoms with Crippen LogP contribution in [0.15, 0.2) is 12.2 Å². The Hall–Kier alpha value is -1.24. The van der Waals surface area contributed by atoms with Crippen LogP contribution in [0.1, 0.15) is 32.6 Å². The lowest BCUT2D eigenvalue weighted by Crippen LogP contribution is -2.42. The average molecular weight is 228 g/mol. The summed E-state index contributed by atoms with van der Waals surface area (Å²) in [6, 6.07) is 0. The number of imide groups is 1. The number of rotatable bonds is 7. The van der Waals surface area contributed by atoms with E-state index >= 15 is 0 Å². The Morgan fingerprint density at radius 2 is 1.94 bits per heavy atom. The Kier molecular flexibility index (Phi) is 5.10. The van der Waals surface area contributed by atoms with E-state index in [0.29, 0.717) is 6.42 Å². The first-order valence-corrected chi connectivity index (χ1v) is 5.28. The van der Waals surface area contributed by atoms with Gasteiger partial charge in [0.05, 0.1) is 0 Å². The van der Waals surface area contributed by atoms with Crippen LogP contribution in [0.25, 0.3) is 0 Å². The number of nitrogens with zero attached hydrogens (tertiary/aromatic N) is 1. The topological polar surface area (TPSA) is 81.9 Å². The third-order valence-electron chi connectivity index (χ3n) is 2.35. The fraction of sp³-hybridized carbons (Fsp3) is 0.600. The van der Waals surface area contributed by atoms with Crippen molar-refractivity contribution < 1.29 is 19.5 Å². The van der Waals surface area contributed by atoms with Crippen LogP contribution < -0.4 is 5.90 Å². The molecule has 0 saturated heterocycles. The van der Waals surface area contributed by atoms with Crippen LogP contribution in [0, 0.1) is 0 Å². The predicted octanol–water partition coefficient (Wildman–Crippen LogP) is 0.640. The van der Waals surface area contributed by atoms with Crippen molar-refractivity contribution in [2.75, 3.05) is 0 Å². The Balaban J connectivity index is 2.55. The molecule has 1 rings (SSSR count). The summed E-state index contributed by atoms with van der Waals surface area (Å²) < 4.78 is 0. The Labute approximate surface area is 93.9 Å². The summed E-state index contributed by atoms with van der Waals surface area (Å²) in [6.07, 6.45) is 5.05. The van der Waals surface area contributed by atoms with Gasteiger partial charge in [0.1, 0.15) is 0 Å². The zero-order chi connectivity index (χ0) is 12.0. The van der Waals surface area contributed by atoms with Gasteiger partial charge in [-0.1, -0.05) is 19.8 Å². The molecule has 2 N–H and O–H groups in total. The van der Waals surface area contributed by atoms with E-state index in [9.17, 15) is 9.59 Å². The zero-order valence-electron chi connectivity index (χ0n) is 9.22. The molecule has 1 aliphatic rings. The highest BCUT2D eigenvalue weighted by atomic mass is 17.3. The minimum absolute atomic E-state index is 0.399. The van der Waals surface area contributed by atoms with E-state index in [1.807, 2.05) is 0 Å². The van der Waals surface area contributed by atoms with Crippen LogP contribution in [0.5, 0.6) is 0 Å². The maximum Gasteiger partial charge on any atom is 0.255 e. The standard InChI is InChI=1S/C10H16N2O4/c1-2-3-4-5-10(15-16-11)12-8(13)6-7-9(12)14/h6-7,10H,2-5,11H2,1H3. The maximum absolute atomic E-state index is 11.4. The number of hydrogen-bond donors (Lipinski definition) is 1. The number of unbranched alkanes of at least 4 members (excludes halogenated alkanes) is 2. The average Bonchev–Trinajstić information content (AvgIpc) is 2.58. The van der Waals surface area contributed by atoms with E-state index in [1.165, 1.54) is 12.2 Å². The van der Waals surface area contributed by atoms with Crippen molar-refractivity contribution in [1.29, 1.82) is 0 Å². The monoisotopic (exact) mass is 228 g/mol. The molecule has 0 saturated carbocycles. The first-order valence-electron chi connectivity index (χ1n) is 5.28. The number of carbonyl (C=O) groups excluding carboxylic acids is 2. The first kappa shape index (κ1) is 12.8. The molecule has 1 unspecified atom stereocenters. The van der Waals surface area contributed by atoms with Gasteiger partial charge in [0.25, 0.3) is 11.8 Å². The number of amides is 2. The lowest BCUT2D eigenvalue weighted by Gasteiger charge is -2.23. The van der Waals surface area contributed by atoms with Gasteiger partial charge in [0.2, 0.25) is 0 Å². The number of nitrogens with two attached hydrogens (primary N) is 1. The normalized spacial score (nSPS) is 17.2. The van der Waals surface area contributed by atoms with Crippen molar-refractivity contribution in [1.82, 2.24) is 4.90 Å². The molecule has 16 heavy (non-hydrogen) atoms. The second kappa shape index (κ2) is 6.37. The molecule has 6 nitrogen and oxygen atoms in total. The summed E-state index contributed by atoms with van der Waals surface area (Å²) in [5.41, 5.74) is 0. The molecular weight excluding hydrogens is 212 g/mol. The number of carbonyl (C=O) groups is 2. The van der Waals surface area contributed by atoms with Gasteiger partial charge in [-0.15, -0.1) is 4.99 Å². The quantitative estimate of drug-likeness (QED) is 0.299. The van der Waals surface area contributed by atoms with Gasteiger partial charge in [-0.3, -0.25) is 9.59 Å². The minimum Gasteiger partial charge on any atom is -0.269 e. The molecule has 0 aliphatic carbocycles. The summed E-state index contributed by atoms with van der Waals surface area (Å²) in [7, 11) is 0. The third kappa shape index (κ3) is 3.13. The highest BCUT2D eigenvalue weighted by molar-refractivity contribution is 6.13. The molecule has 0 aromatic carbocycles. The van der Waals surface area contributed by atoms with Gasteiger partial charge in [-0.05, 0) is 12.8 Å². The Bertz CT molecular complexity index is 273. The summed E-state index contributed by atoms with van der Waals surface area (Å²) in [5, 5.41) is 0. The molecule has 1 atom stereocenters. The van der Waals surface area contributed by atoms with Crippen molar-refractivity contribution in [2.24, 2.45) is 5.90 Å². The van der Waals surface area contributed by atoms with Crippen LogP contribution >= 0.6 is 0 Å². The van der Waals surface area contributed by atoms with Gasteiger partial charge >= 0.3 is 0 Å². The summed E-state index contributed by atoms with van der Waals surface area (Å²) in [4.78, 5) is 32.6. The van der Waals surface area contributed by atoms with Gasteiger partial charge in [0.15, 0.2) is 6.23 Å². The van der Waals surface area contributed by atoms with Crippen LogP contribution in [0.3, 0.4) is 0 Å². The Morgan fingerprint density at radius 3 is 2.44 bits per heavy atom. The molecule has 0 aromatic rings. The molecule has 1 heterocycles. The molecule has 1 aliphatic heterocycles. The molecule has 2 amide bonds. The first-order chi connectivity index (χ1) is 7.70. The molecule has 90 valence electrons. The lowest BCUT2D eigenvalue weighted by molar-refractivity contribution is -0.349. The van der Waals surface area contributed by atoms with E-state index in [0.717, 1.165) is 24.2 Å². The molecule has 0 spiro atoms. The highest BCUT2D eigenvalue weighted by Crippen LogP contribution is 2.16. The summed E-state index contributed by atoms with van der Waals surface area (Å²) >= 11 is 0. The van der Waals surface area contributed by atoms with E-state index in [1.54, 1.807) is 0 Å². The molecule has 0 radical (unpaired) electrons. The lowest BCUT2D eigenvalue weighted by atomic mass is 10.2. The smallest absolute Gasteiger partial charge is 0.255 e. The van der Waals surface area contributed by atoms with Gasteiger partial charge < -0.3 is 0 Å². The minimum atomic E-state index is -0.744. The zero-order valence-corrected chi connectivity index (χ0v) is 9.22. The summed E-state index contributed by atoms with van der Waals surface area (Å²) in [5.74, 6) is 4.00. The van der Waals surface area contributed by atoms with Crippen molar-refractivity contribution >= 4 is 11.8 Å². The summed E-state index contributed by atoms with van der Waals surface area (Å²) in [6.45, 7) is 2.06. The van der Waals surface area contributed by atoms with E-state index in [4.69, 9.17) is 10.8 Å². The van der Waals surface area contributed by atoms with Crippen LogP contribution in [-0.4, -0.2) is 22.9 Å². The highest BCUT2D eigenvalue weighted by Gasteiger charge is 2.32.